The highest BCUT2D eigenvalue weighted by Crippen LogP contribution is 2.32. The number of amides is 1. The Balaban J connectivity index is 1.39. The largest absolute Gasteiger partial charge is 0.322 e. The minimum Gasteiger partial charge on any atom is -0.322 e. The highest BCUT2D eigenvalue weighted by Gasteiger charge is 2.11. The number of benzene rings is 2. The van der Waals surface area contributed by atoms with Crippen LogP contribution in [0.5, 0.6) is 0 Å². The van der Waals surface area contributed by atoms with Gasteiger partial charge in [0.2, 0.25) is 0 Å². The minimum absolute atomic E-state index is 0.194. The molecule has 1 atom stereocenters. The van der Waals surface area contributed by atoms with E-state index in [1.54, 1.807) is 36.7 Å². The molecule has 158 valence electrons. The van der Waals surface area contributed by atoms with Crippen molar-refractivity contribution in [2.75, 3.05) is 15.1 Å². The van der Waals surface area contributed by atoms with Crippen molar-refractivity contribution in [2.45, 2.75) is 11.3 Å². The van der Waals surface area contributed by atoms with Crippen molar-refractivity contribution in [1.82, 2.24) is 9.97 Å². The van der Waals surface area contributed by atoms with Crippen LogP contribution in [0.1, 0.15) is 15.9 Å². The van der Waals surface area contributed by atoms with Gasteiger partial charge in [0.05, 0.1) is 15.3 Å². The molecule has 2 N–H and O–H groups in total. The molecule has 2 heterocycles. The number of halogens is 1. The Morgan fingerprint density at radius 1 is 1.16 bits per heavy atom. The first-order valence-corrected chi connectivity index (χ1v) is 12.3. The third-order valence-corrected chi connectivity index (χ3v) is 7.80. The SMILES string of the molecule is Cc1cnccc1C(=O)Nc1ccc2nc(SCS(=O)Nc3ccc(F)cc3)sc2c1. The number of aryl methyl sites for hydroxylation is 1. The fourth-order valence-electron chi connectivity index (χ4n) is 2.75. The zero-order valence-corrected chi connectivity index (χ0v) is 18.7. The summed E-state index contributed by atoms with van der Waals surface area (Å²) in [7, 11) is -1.34. The monoisotopic (exact) mass is 472 g/mol. The van der Waals surface area contributed by atoms with Crippen molar-refractivity contribution in [3.63, 3.8) is 0 Å². The van der Waals surface area contributed by atoms with Crippen LogP contribution >= 0.6 is 23.1 Å². The predicted molar refractivity (Wildman–Crippen MR) is 125 cm³/mol. The van der Waals surface area contributed by atoms with Crippen molar-refractivity contribution >= 4 is 61.6 Å². The van der Waals surface area contributed by atoms with Gasteiger partial charge in [0.1, 0.15) is 16.8 Å². The van der Waals surface area contributed by atoms with Crippen LogP contribution in [0.2, 0.25) is 0 Å². The Hall–Kier alpha value is -2.82. The van der Waals surface area contributed by atoms with Gasteiger partial charge in [-0.15, -0.1) is 11.3 Å². The van der Waals surface area contributed by atoms with Crippen molar-refractivity contribution < 1.29 is 13.4 Å². The Morgan fingerprint density at radius 2 is 1.94 bits per heavy atom. The summed E-state index contributed by atoms with van der Waals surface area (Å²) >= 11 is 2.84. The molecule has 31 heavy (non-hydrogen) atoms. The fourth-order valence-corrected chi connectivity index (χ4v) is 6.06. The maximum atomic E-state index is 13.0. The summed E-state index contributed by atoms with van der Waals surface area (Å²) in [5.41, 5.74) is 3.46. The van der Waals surface area contributed by atoms with Gasteiger partial charge in [0.25, 0.3) is 5.91 Å². The summed E-state index contributed by atoms with van der Waals surface area (Å²) in [6, 6.07) is 12.9. The Labute approximate surface area is 188 Å². The second kappa shape index (κ2) is 9.54. The number of thioether (sulfide) groups is 1. The van der Waals surface area contributed by atoms with Crippen LogP contribution in [-0.4, -0.2) is 25.2 Å². The van der Waals surface area contributed by atoms with E-state index in [4.69, 9.17) is 0 Å². The summed E-state index contributed by atoms with van der Waals surface area (Å²) < 4.78 is 29.7. The number of thiazole rings is 1. The molecule has 0 saturated heterocycles. The molecule has 0 aliphatic carbocycles. The molecule has 0 bridgehead atoms. The van der Waals surface area contributed by atoms with E-state index >= 15 is 0 Å². The molecule has 1 amide bonds. The molecule has 0 spiro atoms. The summed E-state index contributed by atoms with van der Waals surface area (Å²) in [6.45, 7) is 1.84. The third-order valence-electron chi connectivity index (χ3n) is 4.26. The smallest absolute Gasteiger partial charge is 0.256 e. The lowest BCUT2D eigenvalue weighted by Gasteiger charge is -2.07. The summed E-state index contributed by atoms with van der Waals surface area (Å²) in [4.78, 5) is 21.1. The molecule has 2 aromatic heterocycles. The van der Waals surface area contributed by atoms with E-state index in [2.05, 4.69) is 20.0 Å². The summed E-state index contributed by atoms with van der Waals surface area (Å²) in [5.74, 6) is -0.535. The molecular weight excluding hydrogens is 455 g/mol. The zero-order chi connectivity index (χ0) is 21.8. The van der Waals surface area contributed by atoms with E-state index < -0.39 is 11.0 Å². The van der Waals surface area contributed by atoms with Crippen LogP contribution in [0.3, 0.4) is 0 Å². The number of carbonyl (C=O) groups is 1. The second-order valence-corrected chi connectivity index (χ2v) is 10.3. The van der Waals surface area contributed by atoms with Gasteiger partial charge in [0.15, 0.2) is 4.34 Å². The first-order valence-electron chi connectivity index (χ1n) is 9.14. The van der Waals surface area contributed by atoms with Gasteiger partial charge in [-0.1, -0.05) is 11.8 Å². The van der Waals surface area contributed by atoms with E-state index in [1.807, 2.05) is 19.1 Å². The predicted octanol–water partition coefficient (Wildman–Crippen LogP) is 5.22. The standard InChI is InChI=1S/C21H17FN4O2S3/c1-13-11-23-9-8-17(13)20(27)24-16-6-7-18-19(10-16)30-21(25-18)29-12-31(28)26-15-4-2-14(22)3-5-15/h2-11,26H,12H2,1H3,(H,24,27). The number of aromatic nitrogens is 2. The van der Waals surface area contributed by atoms with Crippen LogP contribution in [0.25, 0.3) is 10.2 Å². The molecule has 6 nitrogen and oxygen atoms in total. The maximum absolute atomic E-state index is 13.0. The second-order valence-electron chi connectivity index (χ2n) is 6.52. The summed E-state index contributed by atoms with van der Waals surface area (Å²) in [6.07, 6.45) is 3.24. The topological polar surface area (TPSA) is 84.0 Å². The first-order chi connectivity index (χ1) is 15.0. The van der Waals surface area contributed by atoms with Crippen LogP contribution < -0.4 is 10.0 Å². The van der Waals surface area contributed by atoms with E-state index in [0.29, 0.717) is 22.0 Å². The molecule has 0 aliphatic rings. The number of rotatable bonds is 7. The number of carbonyl (C=O) groups excluding carboxylic acids is 1. The summed E-state index contributed by atoms with van der Waals surface area (Å²) in [5, 5.41) is 3.20. The fraction of sp³-hybridized carbons (Fsp3) is 0.0952. The lowest BCUT2D eigenvalue weighted by Crippen LogP contribution is -2.13. The van der Waals surface area contributed by atoms with E-state index in [0.717, 1.165) is 20.1 Å². The van der Waals surface area contributed by atoms with Crippen molar-refractivity contribution in [1.29, 1.82) is 0 Å². The number of anilines is 2. The molecular formula is C21H17FN4O2S3. The number of nitrogens with zero attached hydrogens (tertiary/aromatic N) is 2. The Bertz CT molecular complexity index is 1260. The number of pyridine rings is 1. The Morgan fingerprint density at radius 3 is 2.71 bits per heavy atom. The Kier molecular flexibility index (Phi) is 6.59. The molecule has 10 heteroatoms. The van der Waals surface area contributed by atoms with Crippen LogP contribution in [0, 0.1) is 12.7 Å². The van der Waals surface area contributed by atoms with Gasteiger partial charge >= 0.3 is 0 Å². The van der Waals surface area contributed by atoms with Gasteiger partial charge in [-0.25, -0.2) is 13.6 Å². The third kappa shape index (κ3) is 5.46. The first kappa shape index (κ1) is 21.4. The number of fused-ring (bicyclic) bond motifs is 1. The van der Waals surface area contributed by atoms with Gasteiger partial charge in [-0.05, 0) is 61.0 Å². The highest BCUT2D eigenvalue weighted by atomic mass is 32.2. The number of hydrogen-bond acceptors (Lipinski definition) is 6. The van der Waals surface area contributed by atoms with Crippen LogP contribution in [0.4, 0.5) is 15.8 Å². The number of hydrogen-bond donors (Lipinski definition) is 2. The van der Waals surface area contributed by atoms with Crippen LogP contribution in [0.15, 0.2) is 65.3 Å². The van der Waals surface area contributed by atoms with E-state index in [9.17, 15) is 13.4 Å². The number of nitrogens with one attached hydrogen (secondary N) is 2. The average molecular weight is 473 g/mol. The van der Waals surface area contributed by atoms with Gasteiger partial charge in [-0.3, -0.25) is 9.78 Å². The maximum Gasteiger partial charge on any atom is 0.256 e. The molecule has 4 aromatic rings. The molecule has 0 saturated carbocycles. The molecule has 4 rings (SSSR count). The van der Waals surface area contributed by atoms with Crippen LogP contribution in [-0.2, 0) is 11.0 Å². The molecule has 0 aliphatic heterocycles. The minimum atomic E-state index is -1.34. The van der Waals surface area contributed by atoms with Gasteiger partial charge < -0.3 is 10.0 Å². The quantitative estimate of drug-likeness (QED) is 0.361. The molecule has 0 fully saturated rings. The van der Waals surface area contributed by atoms with Crippen molar-refractivity contribution in [3.05, 3.63) is 77.9 Å². The highest BCUT2D eigenvalue weighted by molar-refractivity contribution is 8.11. The lowest BCUT2D eigenvalue weighted by atomic mass is 10.1. The molecule has 1 unspecified atom stereocenters. The van der Waals surface area contributed by atoms with E-state index in [-0.39, 0.29) is 11.7 Å². The molecule has 0 radical (unpaired) electrons. The average Bonchev–Trinajstić information content (AvgIpc) is 3.16. The van der Waals surface area contributed by atoms with E-state index in [1.165, 1.54) is 35.2 Å². The molecule has 2 aromatic carbocycles. The van der Waals surface area contributed by atoms with Gasteiger partial charge in [-0.2, -0.15) is 0 Å². The van der Waals surface area contributed by atoms with Gasteiger partial charge in [0, 0.05) is 29.3 Å². The van der Waals surface area contributed by atoms with Crippen molar-refractivity contribution in [3.8, 4) is 0 Å². The zero-order valence-electron chi connectivity index (χ0n) is 16.3. The lowest BCUT2D eigenvalue weighted by molar-refractivity contribution is 0.102. The normalized spacial score (nSPS) is 11.9. The van der Waals surface area contributed by atoms with Crippen molar-refractivity contribution in [2.24, 2.45) is 0 Å².